The molecule has 9 heavy (non-hydrogen) atoms. The Morgan fingerprint density at radius 2 is 2.44 bits per heavy atom. The molecular weight excluding hydrogens is 136 g/mol. The van der Waals surface area contributed by atoms with Crippen molar-refractivity contribution < 1.29 is 9.53 Å². The van der Waals surface area contributed by atoms with Gasteiger partial charge in [-0.1, -0.05) is 18.8 Å². The highest BCUT2D eigenvalue weighted by Crippen LogP contribution is 1.89. The van der Waals surface area contributed by atoms with Crippen LogP contribution in [0.5, 0.6) is 0 Å². The number of esters is 1. The van der Waals surface area contributed by atoms with Crippen LogP contribution in [0.15, 0.2) is 12.2 Å². The molecule has 3 heteroatoms. The summed E-state index contributed by atoms with van der Waals surface area (Å²) >= 11 is 4.44. The van der Waals surface area contributed by atoms with Crippen LogP contribution in [-0.2, 0) is 9.53 Å². The van der Waals surface area contributed by atoms with Crippen molar-refractivity contribution in [2.24, 2.45) is 0 Å². The summed E-state index contributed by atoms with van der Waals surface area (Å²) in [5.41, 5.74) is 0.229. The first kappa shape index (κ1) is 8.30. The Balaban J connectivity index is 3.73. The lowest BCUT2D eigenvalue weighted by Gasteiger charge is -1.97. The van der Waals surface area contributed by atoms with E-state index in [1.54, 1.807) is 6.92 Å². The van der Waals surface area contributed by atoms with Gasteiger partial charge in [0.05, 0.1) is 12.2 Å². The molecule has 0 amide bonds. The molecule has 0 aliphatic heterocycles. The zero-order chi connectivity index (χ0) is 7.28. The van der Waals surface area contributed by atoms with E-state index in [4.69, 9.17) is 0 Å². The van der Waals surface area contributed by atoms with Gasteiger partial charge in [0, 0.05) is 5.37 Å². The van der Waals surface area contributed by atoms with Gasteiger partial charge in [-0.05, 0) is 6.92 Å². The van der Waals surface area contributed by atoms with E-state index < -0.39 is 5.97 Å². The van der Waals surface area contributed by atoms with Crippen LogP contribution < -0.4 is 0 Å². The quantitative estimate of drug-likeness (QED) is 0.337. The van der Waals surface area contributed by atoms with Gasteiger partial charge in [-0.2, -0.15) is 0 Å². The molecule has 0 saturated heterocycles. The summed E-state index contributed by atoms with van der Waals surface area (Å²) in [6.07, 6.45) is 0. The van der Waals surface area contributed by atoms with Crippen LogP contribution >= 0.6 is 12.2 Å². The second-order valence-corrected chi connectivity index (χ2v) is 1.60. The number of rotatable bonds is 3. The van der Waals surface area contributed by atoms with Crippen LogP contribution in [0.3, 0.4) is 0 Å². The molecule has 2 nitrogen and oxygen atoms in total. The minimum absolute atomic E-state index is 0.229. The van der Waals surface area contributed by atoms with Gasteiger partial charge in [-0.15, -0.1) is 0 Å². The number of carbonyl (C=O) groups is 1. The van der Waals surface area contributed by atoms with Crippen molar-refractivity contribution in [1.82, 2.24) is 0 Å². The van der Waals surface area contributed by atoms with Gasteiger partial charge in [0.1, 0.15) is 0 Å². The largest absolute Gasteiger partial charge is 0.462 e. The standard InChI is InChI=1S/C6H8O2S/c1-3-8-6(7)5(2)4-9/h4H,2-3H2,1H3. The van der Waals surface area contributed by atoms with Crippen molar-refractivity contribution in [3.05, 3.63) is 12.2 Å². The van der Waals surface area contributed by atoms with Crippen LogP contribution in [0.1, 0.15) is 6.92 Å². The Morgan fingerprint density at radius 1 is 1.89 bits per heavy atom. The summed E-state index contributed by atoms with van der Waals surface area (Å²) in [6.45, 7) is 5.45. The molecule has 0 N–H and O–H groups in total. The van der Waals surface area contributed by atoms with E-state index in [2.05, 4.69) is 23.5 Å². The third-order valence-electron chi connectivity index (χ3n) is 0.680. The van der Waals surface area contributed by atoms with Gasteiger partial charge in [-0.25, -0.2) is 4.79 Å². The molecule has 0 aromatic rings. The Kier molecular flexibility index (Phi) is 3.88. The monoisotopic (exact) mass is 144 g/mol. The van der Waals surface area contributed by atoms with Crippen LogP contribution in [0, 0.1) is 0 Å². The molecule has 0 saturated carbocycles. The molecular formula is C6H8O2S. The normalized spacial score (nSPS) is 8.11. The van der Waals surface area contributed by atoms with E-state index >= 15 is 0 Å². The van der Waals surface area contributed by atoms with Gasteiger partial charge in [0.25, 0.3) is 0 Å². The first-order chi connectivity index (χ1) is 4.22. The van der Waals surface area contributed by atoms with Gasteiger partial charge < -0.3 is 4.74 Å². The molecule has 0 heterocycles. The second-order valence-electron chi connectivity index (χ2n) is 1.36. The minimum atomic E-state index is -0.437. The summed E-state index contributed by atoms with van der Waals surface area (Å²) in [4.78, 5) is 10.6. The lowest BCUT2D eigenvalue weighted by Crippen LogP contribution is -2.06. The molecule has 0 aromatic carbocycles. The maximum atomic E-state index is 10.6. The van der Waals surface area contributed by atoms with Crippen LogP contribution in [0.25, 0.3) is 0 Å². The Morgan fingerprint density at radius 3 is 2.78 bits per heavy atom. The maximum Gasteiger partial charge on any atom is 0.338 e. The Hall–Kier alpha value is -0.700. The fourth-order valence-corrected chi connectivity index (χ4v) is 0.368. The predicted octanol–water partition coefficient (Wildman–Crippen LogP) is 1.11. The predicted molar refractivity (Wildman–Crippen MR) is 39.4 cm³/mol. The van der Waals surface area contributed by atoms with E-state index in [0.29, 0.717) is 6.61 Å². The smallest absolute Gasteiger partial charge is 0.338 e. The number of hydrogen-bond acceptors (Lipinski definition) is 3. The van der Waals surface area contributed by atoms with Crippen molar-refractivity contribution in [2.75, 3.05) is 6.61 Å². The third-order valence-corrected chi connectivity index (χ3v) is 0.964. The fraction of sp³-hybridized carbons (Fsp3) is 0.333. The number of hydrogen-bond donors (Lipinski definition) is 0. The molecule has 0 unspecified atom stereocenters. The first-order valence-electron chi connectivity index (χ1n) is 2.53. The van der Waals surface area contributed by atoms with E-state index in [0.717, 1.165) is 0 Å². The second kappa shape index (κ2) is 4.21. The maximum absolute atomic E-state index is 10.6. The summed E-state index contributed by atoms with van der Waals surface area (Å²) in [5, 5.41) is 1.21. The molecule has 0 radical (unpaired) electrons. The highest BCUT2D eigenvalue weighted by atomic mass is 32.1. The summed E-state index contributed by atoms with van der Waals surface area (Å²) in [5.74, 6) is -0.437. The molecule has 0 rings (SSSR count). The van der Waals surface area contributed by atoms with Gasteiger partial charge in [0.2, 0.25) is 0 Å². The summed E-state index contributed by atoms with van der Waals surface area (Å²) in [7, 11) is 0. The van der Waals surface area contributed by atoms with Gasteiger partial charge >= 0.3 is 5.97 Å². The molecule has 0 bridgehead atoms. The summed E-state index contributed by atoms with van der Waals surface area (Å²) in [6, 6.07) is 0. The van der Waals surface area contributed by atoms with E-state index in [1.165, 1.54) is 5.37 Å². The van der Waals surface area contributed by atoms with E-state index in [9.17, 15) is 4.79 Å². The van der Waals surface area contributed by atoms with E-state index in [-0.39, 0.29) is 5.57 Å². The molecule has 0 fully saturated rings. The van der Waals surface area contributed by atoms with Crippen LogP contribution in [-0.4, -0.2) is 17.9 Å². The highest BCUT2D eigenvalue weighted by Gasteiger charge is 2.01. The molecule has 0 atom stereocenters. The zero-order valence-electron chi connectivity index (χ0n) is 5.22. The first-order valence-corrected chi connectivity index (χ1v) is 3.00. The highest BCUT2D eigenvalue weighted by molar-refractivity contribution is 7.79. The lowest BCUT2D eigenvalue weighted by molar-refractivity contribution is -0.137. The average Bonchev–Trinajstić information content (AvgIpc) is 1.87. The number of carbonyl (C=O) groups excluding carboxylic acids is 1. The van der Waals surface area contributed by atoms with Crippen LogP contribution in [0.2, 0.25) is 0 Å². The zero-order valence-corrected chi connectivity index (χ0v) is 6.03. The minimum Gasteiger partial charge on any atom is -0.462 e. The molecule has 0 aliphatic rings. The number of thiocarbonyl (C=S) groups is 1. The van der Waals surface area contributed by atoms with Gasteiger partial charge in [-0.3, -0.25) is 0 Å². The summed E-state index contributed by atoms with van der Waals surface area (Å²) < 4.78 is 4.56. The molecule has 0 aromatic heterocycles. The fourth-order valence-electron chi connectivity index (χ4n) is 0.272. The lowest BCUT2D eigenvalue weighted by atomic mass is 10.4. The SMILES string of the molecule is C=C(C=S)C(=O)OCC. The van der Waals surface area contributed by atoms with E-state index in [1.807, 2.05) is 0 Å². The topological polar surface area (TPSA) is 26.3 Å². The molecule has 0 spiro atoms. The Bertz CT molecular complexity index is 140. The van der Waals surface area contributed by atoms with Crippen molar-refractivity contribution in [1.29, 1.82) is 0 Å². The van der Waals surface area contributed by atoms with Gasteiger partial charge in [0.15, 0.2) is 0 Å². The molecule has 50 valence electrons. The average molecular weight is 144 g/mol. The van der Waals surface area contributed by atoms with Crippen LogP contribution in [0.4, 0.5) is 0 Å². The van der Waals surface area contributed by atoms with Crippen molar-refractivity contribution in [3.63, 3.8) is 0 Å². The number of ether oxygens (including phenoxy) is 1. The third kappa shape index (κ3) is 2.98. The van der Waals surface area contributed by atoms with Crippen molar-refractivity contribution in [2.45, 2.75) is 6.92 Å². The molecule has 0 aliphatic carbocycles. The van der Waals surface area contributed by atoms with Crippen molar-refractivity contribution >= 4 is 23.6 Å². The van der Waals surface area contributed by atoms with Crippen molar-refractivity contribution in [3.8, 4) is 0 Å². The Labute approximate surface area is 59.5 Å².